The molecule has 1 aromatic carbocycles. The van der Waals surface area contributed by atoms with Gasteiger partial charge in [0.05, 0.1) is 11.8 Å². The standard InChI is InChI=1S/C12H9F3N2O3/c13-12(14,15)8-1-3-9(4-2-8)20-6-7-5-16-17-10(7)11(18)19/h1-5H,6H2,(H,16,17)(H,18,19). The van der Waals surface area contributed by atoms with E-state index in [0.29, 0.717) is 5.56 Å². The summed E-state index contributed by atoms with van der Waals surface area (Å²) in [4.78, 5) is 10.8. The largest absolute Gasteiger partial charge is 0.489 e. The number of ether oxygens (including phenoxy) is 1. The summed E-state index contributed by atoms with van der Waals surface area (Å²) >= 11 is 0. The lowest BCUT2D eigenvalue weighted by atomic mass is 10.2. The van der Waals surface area contributed by atoms with E-state index in [4.69, 9.17) is 9.84 Å². The molecule has 0 bridgehead atoms. The molecule has 0 saturated heterocycles. The first-order chi connectivity index (χ1) is 9.38. The van der Waals surface area contributed by atoms with Gasteiger partial charge < -0.3 is 9.84 Å². The van der Waals surface area contributed by atoms with Crippen molar-refractivity contribution in [3.05, 3.63) is 47.3 Å². The van der Waals surface area contributed by atoms with E-state index in [1.165, 1.54) is 18.3 Å². The normalized spacial score (nSPS) is 11.3. The molecular formula is C12H9F3N2O3. The zero-order valence-corrected chi connectivity index (χ0v) is 9.94. The first-order valence-corrected chi connectivity index (χ1v) is 5.43. The first-order valence-electron chi connectivity index (χ1n) is 5.43. The third-order valence-corrected chi connectivity index (χ3v) is 2.51. The van der Waals surface area contributed by atoms with Gasteiger partial charge in [-0.05, 0) is 24.3 Å². The Balaban J connectivity index is 2.04. The number of halogens is 3. The van der Waals surface area contributed by atoms with Gasteiger partial charge in [0.2, 0.25) is 0 Å². The van der Waals surface area contributed by atoms with Gasteiger partial charge in [0.25, 0.3) is 0 Å². The van der Waals surface area contributed by atoms with Crippen LogP contribution in [0.25, 0.3) is 0 Å². The third-order valence-electron chi connectivity index (χ3n) is 2.51. The SMILES string of the molecule is O=C(O)c1[nH]ncc1COc1ccc(C(F)(F)F)cc1. The number of hydrogen-bond acceptors (Lipinski definition) is 3. The van der Waals surface area contributed by atoms with Crippen LogP contribution in [0.15, 0.2) is 30.5 Å². The summed E-state index contributed by atoms with van der Waals surface area (Å²) in [6.45, 7) is -0.108. The molecule has 2 aromatic rings. The number of H-pyrrole nitrogens is 1. The average Bonchev–Trinajstić information content (AvgIpc) is 2.84. The van der Waals surface area contributed by atoms with Gasteiger partial charge in [-0.1, -0.05) is 0 Å². The Morgan fingerprint density at radius 2 is 1.95 bits per heavy atom. The minimum absolute atomic E-state index is 0.108. The first kappa shape index (κ1) is 13.9. The van der Waals surface area contributed by atoms with E-state index in [9.17, 15) is 18.0 Å². The topological polar surface area (TPSA) is 75.2 Å². The van der Waals surface area contributed by atoms with E-state index in [0.717, 1.165) is 12.1 Å². The lowest BCUT2D eigenvalue weighted by molar-refractivity contribution is -0.137. The van der Waals surface area contributed by atoms with Crippen LogP contribution >= 0.6 is 0 Å². The van der Waals surface area contributed by atoms with Gasteiger partial charge in [-0.25, -0.2) is 4.79 Å². The lowest BCUT2D eigenvalue weighted by Gasteiger charge is -2.08. The number of carbonyl (C=O) groups is 1. The molecule has 1 aromatic heterocycles. The number of nitrogens with one attached hydrogen (secondary N) is 1. The molecule has 8 heteroatoms. The summed E-state index contributed by atoms with van der Waals surface area (Å²) in [7, 11) is 0. The van der Waals surface area contributed by atoms with E-state index in [1.807, 2.05) is 0 Å². The molecule has 0 spiro atoms. The van der Waals surface area contributed by atoms with E-state index in [1.54, 1.807) is 0 Å². The van der Waals surface area contributed by atoms with Crippen LogP contribution in [0.4, 0.5) is 13.2 Å². The maximum atomic E-state index is 12.4. The van der Waals surface area contributed by atoms with Crippen molar-refractivity contribution < 1.29 is 27.8 Å². The Bertz CT molecular complexity index is 605. The second-order valence-corrected chi connectivity index (χ2v) is 3.89. The molecule has 5 nitrogen and oxygen atoms in total. The maximum absolute atomic E-state index is 12.4. The smallest absolute Gasteiger partial charge is 0.416 e. The Kier molecular flexibility index (Phi) is 3.64. The second-order valence-electron chi connectivity index (χ2n) is 3.89. The summed E-state index contributed by atoms with van der Waals surface area (Å²) in [6.07, 6.45) is -3.12. The molecule has 0 fully saturated rings. The van der Waals surface area contributed by atoms with Crippen molar-refractivity contribution >= 4 is 5.97 Å². The van der Waals surface area contributed by atoms with Gasteiger partial charge in [-0.3, -0.25) is 5.10 Å². The number of carboxylic acid groups (broad SMARTS) is 1. The fourth-order valence-corrected chi connectivity index (χ4v) is 1.51. The summed E-state index contributed by atoms with van der Waals surface area (Å²) in [5.74, 6) is -0.982. The number of hydrogen-bond donors (Lipinski definition) is 2. The predicted octanol–water partition coefficient (Wildman–Crippen LogP) is 2.71. The average molecular weight is 286 g/mol. The molecule has 0 saturated carbocycles. The van der Waals surface area contributed by atoms with Crippen molar-refractivity contribution in [1.29, 1.82) is 0 Å². The molecule has 1 heterocycles. The zero-order chi connectivity index (χ0) is 14.8. The minimum atomic E-state index is -4.40. The van der Waals surface area contributed by atoms with Crippen LogP contribution in [0.3, 0.4) is 0 Å². The quantitative estimate of drug-likeness (QED) is 0.906. The monoisotopic (exact) mass is 286 g/mol. The highest BCUT2D eigenvalue weighted by Gasteiger charge is 2.30. The molecule has 2 N–H and O–H groups in total. The Morgan fingerprint density at radius 3 is 2.50 bits per heavy atom. The van der Waals surface area contributed by atoms with Crippen LogP contribution in [0.1, 0.15) is 21.6 Å². The van der Waals surface area contributed by atoms with Gasteiger partial charge in [0, 0.05) is 5.56 Å². The zero-order valence-electron chi connectivity index (χ0n) is 9.94. The van der Waals surface area contributed by atoms with Gasteiger partial charge in [-0.2, -0.15) is 18.3 Å². The molecule has 2 rings (SSSR count). The summed E-state index contributed by atoms with van der Waals surface area (Å²) in [5, 5.41) is 14.7. The molecule has 0 unspecified atom stereocenters. The Labute approximate surface area is 111 Å². The van der Waals surface area contributed by atoms with Crippen LogP contribution < -0.4 is 4.74 Å². The fraction of sp³-hybridized carbons (Fsp3) is 0.167. The van der Waals surface area contributed by atoms with Crippen LogP contribution in [0.2, 0.25) is 0 Å². The van der Waals surface area contributed by atoms with E-state index < -0.39 is 17.7 Å². The molecule has 0 radical (unpaired) electrons. The van der Waals surface area contributed by atoms with Crippen molar-refractivity contribution in [1.82, 2.24) is 10.2 Å². The molecule has 0 aliphatic carbocycles. The van der Waals surface area contributed by atoms with E-state index >= 15 is 0 Å². The summed E-state index contributed by atoms with van der Waals surface area (Å²) < 4.78 is 42.3. The van der Waals surface area contributed by atoms with Gasteiger partial charge >= 0.3 is 12.1 Å². The van der Waals surface area contributed by atoms with Crippen molar-refractivity contribution in [2.24, 2.45) is 0 Å². The minimum Gasteiger partial charge on any atom is -0.489 e. The Morgan fingerprint density at radius 1 is 1.30 bits per heavy atom. The maximum Gasteiger partial charge on any atom is 0.416 e. The van der Waals surface area contributed by atoms with Crippen LogP contribution in [-0.2, 0) is 12.8 Å². The van der Waals surface area contributed by atoms with Gasteiger partial charge in [-0.15, -0.1) is 0 Å². The van der Waals surface area contributed by atoms with Crippen molar-refractivity contribution in [2.45, 2.75) is 12.8 Å². The van der Waals surface area contributed by atoms with Crippen molar-refractivity contribution in [2.75, 3.05) is 0 Å². The fourth-order valence-electron chi connectivity index (χ4n) is 1.51. The number of carboxylic acids is 1. The second kappa shape index (κ2) is 5.24. The highest BCUT2D eigenvalue weighted by atomic mass is 19.4. The predicted molar refractivity (Wildman–Crippen MR) is 61.3 cm³/mol. The summed E-state index contributed by atoms with van der Waals surface area (Å²) in [6, 6.07) is 4.12. The van der Waals surface area contributed by atoms with E-state index in [2.05, 4.69) is 10.2 Å². The number of rotatable bonds is 4. The van der Waals surface area contributed by atoms with Crippen LogP contribution in [-0.4, -0.2) is 21.3 Å². The molecule has 0 atom stereocenters. The van der Waals surface area contributed by atoms with E-state index in [-0.39, 0.29) is 18.1 Å². The molecular weight excluding hydrogens is 277 g/mol. The van der Waals surface area contributed by atoms with Crippen molar-refractivity contribution in [3.8, 4) is 5.75 Å². The molecule has 20 heavy (non-hydrogen) atoms. The Hall–Kier alpha value is -2.51. The number of aromatic amines is 1. The lowest BCUT2D eigenvalue weighted by Crippen LogP contribution is -2.05. The van der Waals surface area contributed by atoms with Gasteiger partial charge in [0.1, 0.15) is 18.1 Å². The third kappa shape index (κ3) is 3.08. The number of alkyl halides is 3. The molecule has 106 valence electrons. The highest BCUT2D eigenvalue weighted by molar-refractivity contribution is 5.86. The molecule has 0 amide bonds. The highest BCUT2D eigenvalue weighted by Crippen LogP contribution is 2.30. The molecule has 0 aliphatic rings. The number of nitrogens with zero attached hydrogens (tertiary/aromatic N) is 1. The van der Waals surface area contributed by atoms with Gasteiger partial charge in [0.15, 0.2) is 0 Å². The number of benzene rings is 1. The van der Waals surface area contributed by atoms with Crippen molar-refractivity contribution in [3.63, 3.8) is 0 Å². The number of aromatic carboxylic acids is 1. The number of aromatic nitrogens is 2. The summed E-state index contributed by atoms with van der Waals surface area (Å²) in [5.41, 5.74) is -0.589. The van der Waals surface area contributed by atoms with Crippen LogP contribution in [0, 0.1) is 0 Å². The van der Waals surface area contributed by atoms with Crippen LogP contribution in [0.5, 0.6) is 5.75 Å². The molecule has 0 aliphatic heterocycles.